The molecule has 0 fully saturated rings. The third-order valence-corrected chi connectivity index (χ3v) is 4.01. The monoisotopic (exact) mass is 311 g/mol. The van der Waals surface area contributed by atoms with Crippen LogP contribution < -0.4 is 16.2 Å². The van der Waals surface area contributed by atoms with Crippen LogP contribution in [0, 0.1) is 0 Å². The normalized spacial score (nSPS) is 12.4. The van der Waals surface area contributed by atoms with Gasteiger partial charge in [0.15, 0.2) is 0 Å². The summed E-state index contributed by atoms with van der Waals surface area (Å²) in [4.78, 5) is 11.4. The van der Waals surface area contributed by atoms with E-state index >= 15 is 0 Å². The van der Waals surface area contributed by atoms with Crippen LogP contribution in [0.5, 0.6) is 5.75 Å². The van der Waals surface area contributed by atoms with Crippen LogP contribution in [-0.4, -0.2) is 21.6 Å². The Morgan fingerprint density at radius 2 is 2.09 bits per heavy atom. The van der Waals surface area contributed by atoms with Crippen molar-refractivity contribution >= 4 is 22.7 Å². The van der Waals surface area contributed by atoms with Crippen LogP contribution in [0.3, 0.4) is 0 Å². The zero-order valence-electron chi connectivity index (χ0n) is 13.3. The van der Waals surface area contributed by atoms with Gasteiger partial charge in [-0.2, -0.15) is 4.98 Å². The van der Waals surface area contributed by atoms with Crippen molar-refractivity contribution in [2.45, 2.75) is 26.2 Å². The SMILES string of the molecule is CCOc1cc(C(CC)c2cnc(N)nc2N)cc2[nH]ccc12. The van der Waals surface area contributed by atoms with Crippen molar-refractivity contribution in [3.8, 4) is 5.75 Å². The zero-order chi connectivity index (χ0) is 16.4. The topological polar surface area (TPSA) is 103 Å². The number of aromatic amines is 1. The average Bonchev–Trinajstić information content (AvgIpc) is 2.99. The molecular weight excluding hydrogens is 290 g/mol. The fraction of sp³-hybridized carbons (Fsp3) is 0.294. The van der Waals surface area contributed by atoms with Crippen molar-refractivity contribution in [3.05, 3.63) is 41.7 Å². The van der Waals surface area contributed by atoms with E-state index in [2.05, 4.69) is 34.0 Å². The standard InChI is InChI=1S/C17H21N5O/c1-3-11(13-9-21-17(19)22-16(13)18)10-7-14-12(5-6-20-14)15(8-10)23-4-2/h5-9,11,20H,3-4H2,1-2H3,(H4,18,19,21,22). The second-order valence-electron chi connectivity index (χ2n) is 5.42. The van der Waals surface area contributed by atoms with E-state index < -0.39 is 0 Å². The van der Waals surface area contributed by atoms with Crippen molar-refractivity contribution in [2.75, 3.05) is 18.1 Å². The highest BCUT2D eigenvalue weighted by molar-refractivity contribution is 5.87. The molecule has 23 heavy (non-hydrogen) atoms. The van der Waals surface area contributed by atoms with E-state index in [1.807, 2.05) is 19.2 Å². The molecule has 1 aromatic carbocycles. The smallest absolute Gasteiger partial charge is 0.221 e. The van der Waals surface area contributed by atoms with Gasteiger partial charge in [0, 0.05) is 34.8 Å². The molecule has 3 aromatic rings. The number of anilines is 2. The molecule has 1 atom stereocenters. The van der Waals surface area contributed by atoms with Gasteiger partial charge in [0.2, 0.25) is 5.95 Å². The molecule has 0 radical (unpaired) electrons. The number of nitrogens with two attached hydrogens (primary N) is 2. The molecule has 0 bridgehead atoms. The lowest BCUT2D eigenvalue weighted by molar-refractivity contribution is 0.344. The molecule has 1 unspecified atom stereocenters. The number of H-pyrrole nitrogens is 1. The lowest BCUT2D eigenvalue weighted by atomic mass is 9.89. The van der Waals surface area contributed by atoms with Gasteiger partial charge in [-0.05, 0) is 37.1 Å². The van der Waals surface area contributed by atoms with E-state index in [0.29, 0.717) is 12.4 Å². The van der Waals surface area contributed by atoms with Gasteiger partial charge >= 0.3 is 0 Å². The first-order valence-corrected chi connectivity index (χ1v) is 7.75. The third-order valence-electron chi connectivity index (χ3n) is 4.01. The molecule has 0 aliphatic rings. The minimum absolute atomic E-state index is 0.0857. The zero-order valence-corrected chi connectivity index (χ0v) is 13.3. The highest BCUT2D eigenvalue weighted by Gasteiger charge is 2.19. The number of aromatic nitrogens is 3. The molecular formula is C17H21N5O. The summed E-state index contributed by atoms with van der Waals surface area (Å²) in [5.74, 6) is 1.57. The van der Waals surface area contributed by atoms with Gasteiger partial charge in [0.1, 0.15) is 11.6 Å². The summed E-state index contributed by atoms with van der Waals surface area (Å²) in [6.07, 6.45) is 4.50. The van der Waals surface area contributed by atoms with Gasteiger partial charge in [0.05, 0.1) is 6.61 Å². The quantitative estimate of drug-likeness (QED) is 0.672. The maximum absolute atomic E-state index is 6.05. The number of rotatable bonds is 5. The second-order valence-corrected chi connectivity index (χ2v) is 5.42. The van der Waals surface area contributed by atoms with E-state index in [9.17, 15) is 0 Å². The van der Waals surface area contributed by atoms with Gasteiger partial charge in [-0.15, -0.1) is 0 Å². The number of nitrogen functional groups attached to an aromatic ring is 2. The Morgan fingerprint density at radius 1 is 1.26 bits per heavy atom. The van der Waals surface area contributed by atoms with Crippen LogP contribution in [0.25, 0.3) is 10.9 Å². The summed E-state index contributed by atoms with van der Waals surface area (Å²) < 4.78 is 5.80. The van der Waals surface area contributed by atoms with Crippen molar-refractivity contribution < 1.29 is 4.74 Å². The summed E-state index contributed by atoms with van der Waals surface area (Å²) in [5, 5.41) is 1.08. The van der Waals surface area contributed by atoms with Crippen LogP contribution >= 0.6 is 0 Å². The molecule has 2 aromatic heterocycles. The number of nitrogens with one attached hydrogen (secondary N) is 1. The Labute approximate surface area is 134 Å². The first kappa shape index (κ1) is 15.1. The molecule has 0 aliphatic carbocycles. The van der Waals surface area contributed by atoms with Gasteiger partial charge < -0.3 is 21.2 Å². The molecule has 6 heteroatoms. The van der Waals surface area contributed by atoms with Gasteiger partial charge in [0.25, 0.3) is 0 Å². The maximum atomic E-state index is 6.05. The van der Waals surface area contributed by atoms with Crippen molar-refractivity contribution in [3.63, 3.8) is 0 Å². The van der Waals surface area contributed by atoms with E-state index in [1.165, 1.54) is 0 Å². The highest BCUT2D eigenvalue weighted by Crippen LogP contribution is 2.36. The molecule has 0 saturated heterocycles. The number of ether oxygens (including phenoxy) is 1. The van der Waals surface area contributed by atoms with Crippen molar-refractivity contribution in [1.29, 1.82) is 0 Å². The second kappa shape index (κ2) is 6.16. The number of hydrogen-bond acceptors (Lipinski definition) is 5. The van der Waals surface area contributed by atoms with Crippen molar-refractivity contribution in [2.24, 2.45) is 0 Å². The summed E-state index contributed by atoms with van der Waals surface area (Å²) in [7, 11) is 0. The van der Waals surface area contributed by atoms with E-state index in [-0.39, 0.29) is 11.9 Å². The lowest BCUT2D eigenvalue weighted by Crippen LogP contribution is -2.09. The molecule has 5 N–H and O–H groups in total. The van der Waals surface area contributed by atoms with Crippen LogP contribution in [0.4, 0.5) is 11.8 Å². The predicted octanol–water partition coefficient (Wildman–Crippen LogP) is 3.06. The number of fused-ring (bicyclic) bond motifs is 1. The Hall–Kier alpha value is -2.76. The van der Waals surface area contributed by atoms with Crippen molar-refractivity contribution in [1.82, 2.24) is 15.0 Å². The molecule has 120 valence electrons. The number of benzene rings is 1. The summed E-state index contributed by atoms with van der Waals surface area (Å²) in [6.45, 7) is 4.71. The predicted molar refractivity (Wildman–Crippen MR) is 92.5 cm³/mol. The molecule has 0 aliphatic heterocycles. The third kappa shape index (κ3) is 2.79. The summed E-state index contributed by atoms with van der Waals surface area (Å²) >= 11 is 0. The van der Waals surface area contributed by atoms with Gasteiger partial charge in [-0.25, -0.2) is 4.98 Å². The summed E-state index contributed by atoms with van der Waals surface area (Å²) in [5.41, 5.74) is 14.7. The van der Waals surface area contributed by atoms with E-state index in [1.54, 1.807) is 6.20 Å². The summed E-state index contributed by atoms with van der Waals surface area (Å²) in [6, 6.07) is 6.22. The van der Waals surface area contributed by atoms with Gasteiger partial charge in [-0.1, -0.05) is 6.92 Å². The molecule has 6 nitrogen and oxygen atoms in total. The Morgan fingerprint density at radius 3 is 2.78 bits per heavy atom. The number of nitrogens with zero attached hydrogens (tertiary/aromatic N) is 2. The molecule has 2 heterocycles. The first-order chi connectivity index (χ1) is 11.1. The fourth-order valence-corrected chi connectivity index (χ4v) is 2.95. The molecule has 3 rings (SSSR count). The number of hydrogen-bond donors (Lipinski definition) is 3. The van der Waals surface area contributed by atoms with Crippen LogP contribution in [0.15, 0.2) is 30.6 Å². The highest BCUT2D eigenvalue weighted by atomic mass is 16.5. The van der Waals surface area contributed by atoms with Crippen LogP contribution in [-0.2, 0) is 0 Å². The average molecular weight is 311 g/mol. The molecule has 0 amide bonds. The fourth-order valence-electron chi connectivity index (χ4n) is 2.95. The lowest BCUT2D eigenvalue weighted by Gasteiger charge is -2.18. The first-order valence-electron chi connectivity index (χ1n) is 7.75. The van der Waals surface area contributed by atoms with E-state index in [4.69, 9.17) is 16.2 Å². The Balaban J connectivity index is 2.12. The van der Waals surface area contributed by atoms with E-state index in [0.717, 1.165) is 34.2 Å². The Kier molecular flexibility index (Phi) is 4.06. The minimum Gasteiger partial charge on any atom is -0.493 e. The van der Waals surface area contributed by atoms with Crippen LogP contribution in [0.1, 0.15) is 37.3 Å². The minimum atomic E-state index is 0.0857. The maximum Gasteiger partial charge on any atom is 0.221 e. The Bertz CT molecular complexity index is 827. The molecule has 0 spiro atoms. The molecule has 0 saturated carbocycles. The van der Waals surface area contributed by atoms with Gasteiger partial charge in [-0.3, -0.25) is 0 Å². The van der Waals surface area contributed by atoms with Crippen LogP contribution in [0.2, 0.25) is 0 Å². The largest absolute Gasteiger partial charge is 0.493 e.